The van der Waals surface area contributed by atoms with Crippen LogP contribution in [0.25, 0.3) is 0 Å². The Morgan fingerprint density at radius 3 is 1.97 bits per heavy atom. The van der Waals surface area contributed by atoms with Gasteiger partial charge in [0.25, 0.3) is 0 Å². The SMILES string of the molecule is CCCCCC[C@@H](O)[C@@H](C)C(=O)N(C)[C@@H](CC(C)C)C(=O)N[C@H](C(=O)N[C@@H](COCc1ccccc1)C(=O)N[C@H](C(=O)NCC(=O)O)[C@H](C)O[Si](C)(C)C(C)(C)C)[C@H](C)CC. The van der Waals surface area contributed by atoms with Crippen molar-refractivity contribution in [3.8, 4) is 0 Å². The van der Waals surface area contributed by atoms with Crippen molar-refractivity contribution in [2.75, 3.05) is 20.2 Å². The number of carbonyl (C=O) groups is 6. The fraction of sp³-hybridized carbons (Fsp3) is 0.733. The second-order valence-electron chi connectivity index (χ2n) is 18.4. The lowest BCUT2D eigenvalue weighted by Gasteiger charge is -2.40. The Labute approximate surface area is 366 Å². The van der Waals surface area contributed by atoms with E-state index in [-0.39, 0.29) is 30.1 Å². The molecular formula is C45H79N5O10Si. The molecule has 16 heteroatoms. The molecule has 8 atom stereocenters. The first-order valence-electron chi connectivity index (χ1n) is 22.0. The summed E-state index contributed by atoms with van der Waals surface area (Å²) in [5, 5.41) is 30.6. The smallest absolute Gasteiger partial charge is 0.322 e. The van der Waals surface area contributed by atoms with E-state index in [9.17, 15) is 39.0 Å². The van der Waals surface area contributed by atoms with Gasteiger partial charge in [0.15, 0.2) is 8.32 Å². The number of aliphatic hydroxyl groups excluding tert-OH is 1. The number of likely N-dealkylation sites (N-methyl/N-ethyl adjacent to an activating group) is 1. The van der Waals surface area contributed by atoms with Gasteiger partial charge >= 0.3 is 5.97 Å². The Hall–Kier alpha value is -3.86. The largest absolute Gasteiger partial charge is 0.480 e. The highest BCUT2D eigenvalue weighted by Crippen LogP contribution is 2.37. The lowest BCUT2D eigenvalue weighted by Crippen LogP contribution is -2.62. The van der Waals surface area contributed by atoms with E-state index in [1.54, 1.807) is 20.8 Å². The van der Waals surface area contributed by atoms with Crippen molar-refractivity contribution in [2.24, 2.45) is 17.8 Å². The molecule has 0 aliphatic carbocycles. The maximum absolute atomic E-state index is 14.3. The van der Waals surface area contributed by atoms with Crippen molar-refractivity contribution in [3.05, 3.63) is 35.9 Å². The molecule has 0 radical (unpaired) electrons. The minimum absolute atomic E-state index is 0.00496. The molecule has 0 spiro atoms. The molecule has 1 aromatic rings. The van der Waals surface area contributed by atoms with E-state index in [2.05, 4.69) is 28.2 Å². The molecule has 1 aromatic carbocycles. The number of carboxylic acids is 1. The van der Waals surface area contributed by atoms with Gasteiger partial charge in [0, 0.05) is 7.05 Å². The van der Waals surface area contributed by atoms with Gasteiger partial charge in [-0.25, -0.2) is 0 Å². The highest BCUT2D eigenvalue weighted by molar-refractivity contribution is 6.74. The Morgan fingerprint density at radius 2 is 1.43 bits per heavy atom. The van der Waals surface area contributed by atoms with Crippen molar-refractivity contribution in [1.29, 1.82) is 0 Å². The van der Waals surface area contributed by atoms with Crippen LogP contribution in [0.5, 0.6) is 0 Å². The zero-order valence-corrected chi connectivity index (χ0v) is 40.3. The molecule has 0 aromatic heterocycles. The molecule has 0 saturated heterocycles. The summed E-state index contributed by atoms with van der Waals surface area (Å²) >= 11 is 0. The fourth-order valence-corrected chi connectivity index (χ4v) is 7.87. The summed E-state index contributed by atoms with van der Waals surface area (Å²) in [4.78, 5) is 82.7. The van der Waals surface area contributed by atoms with Gasteiger partial charge in [-0.15, -0.1) is 0 Å². The number of nitrogens with zero attached hydrogens (tertiary/aromatic N) is 1. The first-order valence-corrected chi connectivity index (χ1v) is 24.9. The summed E-state index contributed by atoms with van der Waals surface area (Å²) in [6, 6.07) is 4.40. The van der Waals surface area contributed by atoms with Gasteiger partial charge in [0.1, 0.15) is 30.7 Å². The molecule has 0 aliphatic rings. The topological polar surface area (TPSA) is 213 Å². The average Bonchev–Trinajstić information content (AvgIpc) is 3.19. The average molecular weight is 878 g/mol. The van der Waals surface area contributed by atoms with Crippen LogP contribution in [0.4, 0.5) is 0 Å². The van der Waals surface area contributed by atoms with Crippen LogP contribution in [0.3, 0.4) is 0 Å². The third kappa shape index (κ3) is 19.0. The van der Waals surface area contributed by atoms with Gasteiger partial charge in [-0.2, -0.15) is 0 Å². The van der Waals surface area contributed by atoms with Crippen LogP contribution in [0, 0.1) is 17.8 Å². The molecule has 348 valence electrons. The molecule has 0 bridgehead atoms. The lowest BCUT2D eigenvalue weighted by atomic mass is 9.94. The number of carbonyl (C=O) groups excluding carboxylic acids is 5. The molecule has 5 amide bonds. The van der Waals surface area contributed by atoms with E-state index in [0.717, 1.165) is 31.2 Å². The molecule has 0 heterocycles. The zero-order chi connectivity index (χ0) is 46.7. The number of unbranched alkanes of at least 4 members (excludes halogenated alkanes) is 3. The van der Waals surface area contributed by atoms with E-state index in [1.807, 2.05) is 85.0 Å². The third-order valence-electron chi connectivity index (χ3n) is 11.7. The van der Waals surface area contributed by atoms with Crippen molar-refractivity contribution < 1.29 is 48.1 Å². The van der Waals surface area contributed by atoms with Gasteiger partial charge in [-0.3, -0.25) is 28.8 Å². The molecule has 6 N–H and O–H groups in total. The number of nitrogens with one attached hydrogen (secondary N) is 4. The van der Waals surface area contributed by atoms with Crippen LogP contribution >= 0.6 is 0 Å². The van der Waals surface area contributed by atoms with E-state index >= 15 is 0 Å². The van der Waals surface area contributed by atoms with E-state index in [0.29, 0.717) is 19.3 Å². The second kappa shape index (κ2) is 26.6. The molecule has 0 aliphatic heterocycles. The van der Waals surface area contributed by atoms with E-state index in [4.69, 9.17) is 9.16 Å². The van der Waals surface area contributed by atoms with Crippen molar-refractivity contribution >= 4 is 43.8 Å². The monoisotopic (exact) mass is 878 g/mol. The van der Waals surface area contributed by atoms with Crippen molar-refractivity contribution in [1.82, 2.24) is 26.2 Å². The molecule has 61 heavy (non-hydrogen) atoms. The number of aliphatic carboxylic acids is 1. The van der Waals surface area contributed by atoms with Gasteiger partial charge < -0.3 is 45.5 Å². The van der Waals surface area contributed by atoms with Crippen LogP contribution in [-0.4, -0.2) is 116 Å². The summed E-state index contributed by atoms with van der Waals surface area (Å²) in [7, 11) is -0.968. The van der Waals surface area contributed by atoms with Crippen LogP contribution in [0.2, 0.25) is 18.1 Å². The number of aliphatic hydroxyl groups is 1. The van der Waals surface area contributed by atoms with Gasteiger partial charge in [0.05, 0.1) is 31.3 Å². The fourth-order valence-electron chi connectivity index (χ4n) is 6.45. The quantitative estimate of drug-likeness (QED) is 0.0481. The van der Waals surface area contributed by atoms with Crippen LogP contribution in [-0.2, 0) is 44.5 Å². The molecule has 1 rings (SSSR count). The number of carboxylic acid groups (broad SMARTS) is 1. The van der Waals surface area contributed by atoms with Crippen LogP contribution in [0.1, 0.15) is 120 Å². The summed E-state index contributed by atoms with van der Waals surface area (Å²) in [6.45, 7) is 22.0. The first kappa shape index (κ1) is 55.2. The van der Waals surface area contributed by atoms with Crippen molar-refractivity contribution in [3.63, 3.8) is 0 Å². The number of amides is 5. The second-order valence-corrected chi connectivity index (χ2v) is 23.2. The van der Waals surface area contributed by atoms with E-state index < -0.39 is 92.7 Å². The number of hydrogen-bond acceptors (Lipinski definition) is 9. The third-order valence-corrected chi connectivity index (χ3v) is 16.3. The molecule has 15 nitrogen and oxygen atoms in total. The van der Waals surface area contributed by atoms with Gasteiger partial charge in [0.2, 0.25) is 29.5 Å². The Bertz CT molecular complexity index is 1540. The number of benzene rings is 1. The Kier molecular flexibility index (Phi) is 24.0. The Morgan fingerprint density at radius 1 is 0.820 bits per heavy atom. The summed E-state index contributed by atoms with van der Waals surface area (Å²) < 4.78 is 12.4. The van der Waals surface area contributed by atoms with Crippen LogP contribution < -0.4 is 21.3 Å². The predicted octanol–water partition coefficient (Wildman–Crippen LogP) is 5.16. The number of ether oxygens (including phenoxy) is 1. The maximum Gasteiger partial charge on any atom is 0.322 e. The Balaban J connectivity index is 3.51. The molecule has 0 fully saturated rings. The lowest BCUT2D eigenvalue weighted by molar-refractivity contribution is -0.146. The van der Waals surface area contributed by atoms with Crippen molar-refractivity contribution in [2.45, 2.75) is 175 Å². The number of rotatable bonds is 28. The predicted molar refractivity (Wildman–Crippen MR) is 240 cm³/mol. The van der Waals surface area contributed by atoms with Gasteiger partial charge in [-0.1, -0.05) is 125 Å². The summed E-state index contributed by atoms with van der Waals surface area (Å²) in [5.74, 6) is -5.64. The summed E-state index contributed by atoms with van der Waals surface area (Å²) in [6.07, 6.45) is 3.30. The maximum atomic E-state index is 14.3. The highest BCUT2D eigenvalue weighted by Gasteiger charge is 2.42. The molecule has 0 saturated carbocycles. The minimum Gasteiger partial charge on any atom is -0.480 e. The normalized spacial score (nSPS) is 15.9. The summed E-state index contributed by atoms with van der Waals surface area (Å²) in [5.41, 5.74) is 0.813. The molecule has 0 unspecified atom stereocenters. The zero-order valence-electron chi connectivity index (χ0n) is 39.3. The standard InChI is InChI=1S/C45H79N5O10Si/c1-14-16-17-21-24-36(51)31(6)44(58)50(11)35(25-29(3)4)41(55)48-38(30(5)15-2)43(57)47-34(28-59-27-33-22-19-18-20-23-33)40(54)49-39(42(56)46-26-37(52)53)32(7)60-61(12,13)45(8,9)10/h18-20,22-23,29-32,34-36,38-39,51H,14-17,21,24-28H2,1-13H3,(H,46,56)(H,47,57)(H,48,55)(H,49,54)(H,52,53)/t30-,31-,32+,34+,35+,36-,38+,39+/m1/s1. The van der Waals surface area contributed by atoms with Crippen LogP contribution in [0.15, 0.2) is 30.3 Å². The molecular weight excluding hydrogens is 799 g/mol. The van der Waals surface area contributed by atoms with E-state index in [1.165, 1.54) is 11.9 Å². The first-order chi connectivity index (χ1) is 28.4. The minimum atomic E-state index is -2.51. The number of hydrogen-bond donors (Lipinski definition) is 6. The highest BCUT2D eigenvalue weighted by atomic mass is 28.4. The van der Waals surface area contributed by atoms with Gasteiger partial charge in [-0.05, 0) is 55.3 Å².